The van der Waals surface area contributed by atoms with Crippen LogP contribution in [0.5, 0.6) is 0 Å². The number of hydrogen-bond donors (Lipinski definition) is 5. The molecule has 0 radical (unpaired) electrons. The van der Waals surface area contributed by atoms with Crippen LogP contribution in [0.1, 0.15) is 31.2 Å². The van der Waals surface area contributed by atoms with Gasteiger partial charge in [0.1, 0.15) is 0 Å². The van der Waals surface area contributed by atoms with Crippen LogP contribution in [0.15, 0.2) is 23.5 Å². The van der Waals surface area contributed by atoms with Crippen LogP contribution in [-0.2, 0) is 20.8 Å². The van der Waals surface area contributed by atoms with E-state index < -0.39 is 11.9 Å². The summed E-state index contributed by atoms with van der Waals surface area (Å²) < 4.78 is 0. The number of amides is 2. The van der Waals surface area contributed by atoms with Crippen molar-refractivity contribution >= 4 is 29.4 Å². The van der Waals surface area contributed by atoms with Crippen molar-refractivity contribution in [2.45, 2.75) is 32.1 Å². The Hall–Kier alpha value is -3.17. The first kappa shape index (κ1) is 20.9. The summed E-state index contributed by atoms with van der Waals surface area (Å²) in [5.41, 5.74) is 11.5. The number of carboxylic acids is 1. The van der Waals surface area contributed by atoms with Crippen LogP contribution in [-0.4, -0.2) is 46.9 Å². The highest BCUT2D eigenvalue weighted by Crippen LogP contribution is 2.15. The van der Waals surface area contributed by atoms with Crippen LogP contribution >= 0.6 is 0 Å². The fourth-order valence-corrected chi connectivity index (χ4v) is 2.06. The number of carbonyl (C=O) groups is 3. The van der Waals surface area contributed by atoms with Gasteiger partial charge in [-0.15, -0.1) is 0 Å². The van der Waals surface area contributed by atoms with Crippen molar-refractivity contribution in [3.8, 4) is 0 Å². The molecule has 0 saturated carbocycles. The molecule has 1 rings (SSSR count). The molecule has 0 unspecified atom stereocenters. The summed E-state index contributed by atoms with van der Waals surface area (Å²) in [6.07, 6.45) is 4.73. The molecule has 7 N–H and O–H groups in total. The van der Waals surface area contributed by atoms with E-state index in [1.165, 1.54) is 12.4 Å². The Labute approximate surface area is 151 Å². The molecule has 0 spiro atoms. The van der Waals surface area contributed by atoms with E-state index in [9.17, 15) is 14.4 Å². The topological polar surface area (TPSA) is 173 Å². The molecule has 0 aliphatic heterocycles. The molecule has 0 bridgehead atoms. The number of carbonyl (C=O) groups excluding carboxylic acids is 2. The van der Waals surface area contributed by atoms with Gasteiger partial charge in [0, 0.05) is 37.5 Å². The molecule has 26 heavy (non-hydrogen) atoms. The number of unbranched alkanes of at least 4 members (excludes halogenated alkanes) is 1. The van der Waals surface area contributed by atoms with Gasteiger partial charge in [0.15, 0.2) is 5.96 Å². The fourth-order valence-electron chi connectivity index (χ4n) is 2.06. The number of anilines is 1. The fraction of sp³-hybridized carbons (Fsp3) is 0.438. The number of carboxylic acid groups (broad SMARTS) is 1. The van der Waals surface area contributed by atoms with Gasteiger partial charge in [0.05, 0.1) is 6.54 Å². The van der Waals surface area contributed by atoms with Crippen LogP contribution in [0.25, 0.3) is 0 Å². The molecule has 1 heterocycles. The second-order valence-corrected chi connectivity index (χ2v) is 5.52. The van der Waals surface area contributed by atoms with Crippen LogP contribution in [0, 0.1) is 0 Å². The van der Waals surface area contributed by atoms with Gasteiger partial charge >= 0.3 is 5.97 Å². The van der Waals surface area contributed by atoms with Gasteiger partial charge in [-0.3, -0.25) is 24.4 Å². The molecule has 0 aliphatic rings. The molecule has 0 saturated heterocycles. The van der Waals surface area contributed by atoms with Crippen LogP contribution in [0.4, 0.5) is 5.69 Å². The zero-order chi connectivity index (χ0) is 19.4. The number of rotatable bonds is 11. The SMILES string of the molecule is NC(N)=NCCCCC(=O)NCC(=O)Nc1ccncc1CCC(=O)O. The monoisotopic (exact) mass is 364 g/mol. The maximum atomic E-state index is 12.0. The first-order valence-corrected chi connectivity index (χ1v) is 8.15. The number of guanidine groups is 1. The van der Waals surface area contributed by atoms with E-state index >= 15 is 0 Å². The predicted molar refractivity (Wildman–Crippen MR) is 96.4 cm³/mol. The number of nitrogens with zero attached hydrogens (tertiary/aromatic N) is 2. The normalized spacial score (nSPS) is 10.0. The molecule has 0 aromatic carbocycles. The van der Waals surface area contributed by atoms with Crippen molar-refractivity contribution < 1.29 is 19.5 Å². The van der Waals surface area contributed by atoms with E-state index in [1.54, 1.807) is 6.07 Å². The highest BCUT2D eigenvalue weighted by Gasteiger charge is 2.10. The minimum atomic E-state index is -0.932. The van der Waals surface area contributed by atoms with Crippen molar-refractivity contribution in [1.29, 1.82) is 0 Å². The van der Waals surface area contributed by atoms with Crippen molar-refractivity contribution in [2.24, 2.45) is 16.5 Å². The maximum Gasteiger partial charge on any atom is 0.303 e. The van der Waals surface area contributed by atoms with E-state index in [1.807, 2.05) is 0 Å². The number of hydrogen-bond acceptors (Lipinski definition) is 5. The van der Waals surface area contributed by atoms with Crippen molar-refractivity contribution in [3.05, 3.63) is 24.0 Å². The number of aliphatic imine (C=N–C) groups is 1. The summed E-state index contributed by atoms with van der Waals surface area (Å²) >= 11 is 0. The van der Waals surface area contributed by atoms with Gasteiger partial charge in [0.2, 0.25) is 11.8 Å². The molecule has 0 aliphatic carbocycles. The van der Waals surface area contributed by atoms with E-state index in [-0.39, 0.29) is 37.7 Å². The third-order valence-corrected chi connectivity index (χ3v) is 3.34. The first-order chi connectivity index (χ1) is 12.4. The summed E-state index contributed by atoms with van der Waals surface area (Å²) in [6, 6.07) is 1.58. The van der Waals surface area contributed by atoms with E-state index in [0.717, 1.165) is 0 Å². The van der Waals surface area contributed by atoms with Gasteiger partial charge in [-0.2, -0.15) is 0 Å². The summed E-state index contributed by atoms with van der Waals surface area (Å²) in [4.78, 5) is 42.0. The van der Waals surface area contributed by atoms with E-state index in [0.29, 0.717) is 30.6 Å². The van der Waals surface area contributed by atoms with Crippen molar-refractivity contribution in [3.63, 3.8) is 0 Å². The Balaban J connectivity index is 2.35. The Morgan fingerprint density at radius 2 is 1.92 bits per heavy atom. The summed E-state index contributed by atoms with van der Waals surface area (Å²) in [5.74, 6) is -1.56. The van der Waals surface area contributed by atoms with Gasteiger partial charge in [0.25, 0.3) is 0 Å². The summed E-state index contributed by atoms with van der Waals surface area (Å²) in [5, 5.41) is 13.9. The van der Waals surface area contributed by atoms with Gasteiger partial charge in [-0.25, -0.2) is 0 Å². The summed E-state index contributed by atoms with van der Waals surface area (Å²) in [6.45, 7) is 0.282. The average Bonchev–Trinajstić information content (AvgIpc) is 2.58. The molecule has 0 fully saturated rings. The number of nitrogens with two attached hydrogens (primary N) is 2. The largest absolute Gasteiger partial charge is 0.481 e. The number of nitrogens with one attached hydrogen (secondary N) is 2. The third-order valence-electron chi connectivity index (χ3n) is 3.34. The first-order valence-electron chi connectivity index (χ1n) is 8.15. The lowest BCUT2D eigenvalue weighted by Gasteiger charge is -2.10. The van der Waals surface area contributed by atoms with Crippen LogP contribution in [0.3, 0.4) is 0 Å². The third kappa shape index (κ3) is 9.21. The van der Waals surface area contributed by atoms with Gasteiger partial charge < -0.3 is 27.2 Å². The lowest BCUT2D eigenvalue weighted by molar-refractivity contribution is -0.137. The highest BCUT2D eigenvalue weighted by atomic mass is 16.4. The zero-order valence-corrected chi connectivity index (χ0v) is 14.4. The molecule has 2 amide bonds. The van der Waals surface area contributed by atoms with Crippen molar-refractivity contribution in [1.82, 2.24) is 10.3 Å². The predicted octanol–water partition coefficient (Wildman–Crippen LogP) is -0.403. The Bertz CT molecular complexity index is 658. The molecular formula is C16H24N6O4. The minimum Gasteiger partial charge on any atom is -0.481 e. The van der Waals surface area contributed by atoms with Crippen molar-refractivity contribution in [2.75, 3.05) is 18.4 Å². The molecule has 1 aromatic heterocycles. The Morgan fingerprint density at radius 3 is 2.62 bits per heavy atom. The Kier molecular flexibility index (Phi) is 9.15. The lowest BCUT2D eigenvalue weighted by atomic mass is 10.1. The summed E-state index contributed by atoms with van der Waals surface area (Å²) in [7, 11) is 0. The van der Waals surface area contributed by atoms with E-state index in [2.05, 4.69) is 20.6 Å². The number of aliphatic carboxylic acids is 1. The second kappa shape index (κ2) is 11.4. The average molecular weight is 364 g/mol. The maximum absolute atomic E-state index is 12.0. The molecule has 0 atom stereocenters. The number of aryl methyl sites for hydroxylation is 1. The molecular weight excluding hydrogens is 340 g/mol. The minimum absolute atomic E-state index is 0.0185. The van der Waals surface area contributed by atoms with Crippen LogP contribution < -0.4 is 22.1 Å². The Morgan fingerprint density at radius 1 is 1.15 bits per heavy atom. The lowest BCUT2D eigenvalue weighted by Crippen LogP contribution is -2.33. The molecule has 1 aromatic rings. The molecule has 142 valence electrons. The van der Waals surface area contributed by atoms with Gasteiger partial charge in [-0.1, -0.05) is 0 Å². The van der Waals surface area contributed by atoms with E-state index in [4.69, 9.17) is 16.6 Å². The number of aromatic nitrogens is 1. The molecule has 10 heteroatoms. The second-order valence-electron chi connectivity index (χ2n) is 5.52. The quantitative estimate of drug-likeness (QED) is 0.202. The van der Waals surface area contributed by atoms with Gasteiger partial charge in [-0.05, 0) is 30.9 Å². The molecule has 10 nitrogen and oxygen atoms in total. The highest BCUT2D eigenvalue weighted by molar-refractivity contribution is 5.95. The smallest absolute Gasteiger partial charge is 0.303 e. The standard InChI is InChI=1S/C16H24N6O4/c17-16(18)20-7-2-1-3-13(23)21-10-14(24)22-12-6-8-19-9-11(12)4-5-15(25)26/h6,8-9H,1-5,7,10H2,(H,21,23)(H,25,26)(H4,17,18,20)(H,19,22,24). The zero-order valence-electron chi connectivity index (χ0n) is 14.4. The number of pyridine rings is 1. The van der Waals surface area contributed by atoms with Crippen LogP contribution in [0.2, 0.25) is 0 Å².